The molecule has 1 aliphatic carbocycles. The number of aromatic nitrogens is 3. The lowest BCUT2D eigenvalue weighted by molar-refractivity contribution is -0.119. The molecule has 3 fully saturated rings. The molecule has 1 amide bonds. The van der Waals surface area contributed by atoms with Crippen LogP contribution in [0.15, 0.2) is 36.7 Å². The van der Waals surface area contributed by atoms with Crippen molar-refractivity contribution >= 4 is 22.6 Å². The second-order valence-corrected chi connectivity index (χ2v) is 10.4. The Labute approximate surface area is 214 Å². The fraction of sp³-hybridized carbons (Fsp3) is 0.519. The van der Waals surface area contributed by atoms with Crippen LogP contribution in [0.1, 0.15) is 32.2 Å². The highest BCUT2D eigenvalue weighted by Gasteiger charge is 2.31. The van der Waals surface area contributed by atoms with E-state index in [-0.39, 0.29) is 24.5 Å². The Bertz CT molecular complexity index is 1270. The van der Waals surface area contributed by atoms with Gasteiger partial charge in [0.2, 0.25) is 11.8 Å². The molecular weight excluding hydrogens is 478 g/mol. The average molecular weight is 511 g/mol. The number of carbonyl (C=O) groups is 1. The minimum Gasteiger partial charge on any atom is -0.473 e. The summed E-state index contributed by atoms with van der Waals surface area (Å²) in [5, 5.41) is 2.89. The minimum atomic E-state index is -2.29. The Kier molecular flexibility index (Phi) is 6.44. The third-order valence-corrected chi connectivity index (χ3v) is 7.73. The maximum Gasteiger partial charge on any atom is 0.251 e. The number of anilines is 1. The summed E-state index contributed by atoms with van der Waals surface area (Å²) in [5.74, 6) is 0.722. The molecule has 4 heterocycles. The highest BCUT2D eigenvalue weighted by atomic mass is 19.3. The van der Waals surface area contributed by atoms with E-state index in [2.05, 4.69) is 31.9 Å². The summed E-state index contributed by atoms with van der Waals surface area (Å²) in [6.07, 6.45) is 2.13. The van der Waals surface area contributed by atoms with Gasteiger partial charge in [0.15, 0.2) is 0 Å². The van der Waals surface area contributed by atoms with E-state index in [1.165, 1.54) is 0 Å². The van der Waals surface area contributed by atoms with Gasteiger partial charge < -0.3 is 19.5 Å². The summed E-state index contributed by atoms with van der Waals surface area (Å²) in [7, 11) is 0. The van der Waals surface area contributed by atoms with Gasteiger partial charge in [-0.25, -0.2) is 18.7 Å². The van der Waals surface area contributed by atoms with Gasteiger partial charge in [-0.05, 0) is 38.0 Å². The van der Waals surface area contributed by atoms with E-state index in [1.54, 1.807) is 0 Å². The molecule has 6 rings (SSSR count). The van der Waals surface area contributed by atoms with Crippen molar-refractivity contribution in [2.75, 3.05) is 44.2 Å². The Morgan fingerprint density at radius 1 is 1.14 bits per heavy atom. The number of alkyl halides is 2. The van der Waals surface area contributed by atoms with Crippen molar-refractivity contribution in [1.29, 1.82) is 0 Å². The van der Waals surface area contributed by atoms with E-state index in [0.717, 1.165) is 53.9 Å². The van der Waals surface area contributed by atoms with E-state index in [0.29, 0.717) is 38.0 Å². The zero-order valence-corrected chi connectivity index (χ0v) is 20.9. The first-order chi connectivity index (χ1) is 17.9. The SMILES string of the molecule is C[C@@H](Oc1nc(-c2ccc(N3CCN(CC(F)F)CC3)cc2)cc2ncn(C3CC3)c12)C1CNC(=O)C1. The predicted molar refractivity (Wildman–Crippen MR) is 137 cm³/mol. The fourth-order valence-corrected chi connectivity index (χ4v) is 5.34. The zero-order chi connectivity index (χ0) is 25.5. The molecule has 0 spiro atoms. The van der Waals surface area contributed by atoms with Gasteiger partial charge in [0, 0.05) is 62.4 Å². The van der Waals surface area contributed by atoms with Crippen LogP contribution < -0.4 is 15.0 Å². The topological polar surface area (TPSA) is 75.5 Å². The second kappa shape index (κ2) is 9.89. The number of piperazine rings is 1. The molecule has 1 aromatic carbocycles. The van der Waals surface area contributed by atoms with Crippen LogP contribution >= 0.6 is 0 Å². The second-order valence-electron chi connectivity index (χ2n) is 10.4. The highest BCUT2D eigenvalue weighted by Crippen LogP contribution is 2.40. The Morgan fingerprint density at radius 2 is 1.89 bits per heavy atom. The third kappa shape index (κ3) is 5.12. The molecular formula is C27H32F2N6O2. The lowest BCUT2D eigenvalue weighted by Gasteiger charge is -2.36. The van der Waals surface area contributed by atoms with Gasteiger partial charge in [-0.15, -0.1) is 0 Å². The number of rotatable bonds is 8. The first kappa shape index (κ1) is 24.1. The Balaban J connectivity index is 1.24. The van der Waals surface area contributed by atoms with E-state index in [4.69, 9.17) is 9.72 Å². The van der Waals surface area contributed by atoms with Crippen LogP contribution in [0.5, 0.6) is 5.88 Å². The van der Waals surface area contributed by atoms with Crippen LogP contribution in [-0.2, 0) is 4.79 Å². The number of amides is 1. The number of imidazole rings is 1. The van der Waals surface area contributed by atoms with Crippen LogP contribution in [0.2, 0.25) is 0 Å². The normalized spacial score (nSPS) is 21.6. The molecule has 1 saturated carbocycles. The van der Waals surface area contributed by atoms with Gasteiger partial charge in [0.25, 0.3) is 6.43 Å². The number of nitrogens with zero attached hydrogens (tertiary/aromatic N) is 5. The molecule has 2 saturated heterocycles. The lowest BCUT2D eigenvalue weighted by Crippen LogP contribution is -2.47. The number of pyridine rings is 1. The summed E-state index contributed by atoms with van der Waals surface area (Å²) < 4.78 is 34.0. The van der Waals surface area contributed by atoms with Gasteiger partial charge in [0.05, 0.1) is 24.1 Å². The van der Waals surface area contributed by atoms with Crippen LogP contribution in [0.25, 0.3) is 22.3 Å². The van der Waals surface area contributed by atoms with Crippen molar-refractivity contribution in [3.63, 3.8) is 0 Å². The van der Waals surface area contributed by atoms with Crippen LogP contribution in [0.4, 0.5) is 14.5 Å². The summed E-state index contributed by atoms with van der Waals surface area (Å²) in [4.78, 5) is 25.4. The van der Waals surface area contributed by atoms with Crippen molar-refractivity contribution < 1.29 is 18.3 Å². The first-order valence-corrected chi connectivity index (χ1v) is 13.1. The standard InChI is InChI=1S/C27H32F2N6O2/c1-17(19-12-25(36)30-14-19)37-27-26-23(31-16-35(26)21-6-7-21)13-22(32-27)18-2-4-20(5-3-18)34-10-8-33(9-11-34)15-24(28)29/h2-5,13,16-17,19,21,24H,6-12,14-15H2,1H3,(H,30,36)/t17-,19?/m1/s1. The average Bonchev–Trinajstić information content (AvgIpc) is 3.49. The zero-order valence-electron chi connectivity index (χ0n) is 20.9. The van der Waals surface area contributed by atoms with E-state index >= 15 is 0 Å². The van der Waals surface area contributed by atoms with Crippen LogP contribution in [0, 0.1) is 5.92 Å². The minimum absolute atomic E-state index is 0.0610. The molecule has 3 aromatic rings. The number of nitrogens with one attached hydrogen (secondary N) is 1. The van der Waals surface area contributed by atoms with Gasteiger partial charge in [0.1, 0.15) is 11.6 Å². The monoisotopic (exact) mass is 510 g/mol. The van der Waals surface area contributed by atoms with Crippen LogP contribution in [-0.4, -0.2) is 77.1 Å². The quantitative estimate of drug-likeness (QED) is 0.498. The number of hydrogen-bond acceptors (Lipinski definition) is 6. The lowest BCUT2D eigenvalue weighted by atomic mass is 10.0. The molecule has 2 aromatic heterocycles. The van der Waals surface area contributed by atoms with Crippen molar-refractivity contribution in [2.24, 2.45) is 5.92 Å². The molecule has 0 bridgehead atoms. The molecule has 1 N–H and O–H groups in total. The van der Waals surface area contributed by atoms with Crippen molar-refractivity contribution in [3.05, 3.63) is 36.7 Å². The number of benzene rings is 1. The third-order valence-electron chi connectivity index (χ3n) is 7.73. The number of hydrogen-bond donors (Lipinski definition) is 1. The van der Waals surface area contributed by atoms with E-state index < -0.39 is 6.43 Å². The maximum atomic E-state index is 12.7. The van der Waals surface area contributed by atoms with Crippen molar-refractivity contribution in [1.82, 2.24) is 24.8 Å². The smallest absolute Gasteiger partial charge is 0.251 e. The summed E-state index contributed by atoms with van der Waals surface area (Å²) in [6, 6.07) is 10.6. The molecule has 37 heavy (non-hydrogen) atoms. The number of halogens is 2. The van der Waals surface area contributed by atoms with Gasteiger partial charge >= 0.3 is 0 Å². The fourth-order valence-electron chi connectivity index (χ4n) is 5.34. The number of carbonyl (C=O) groups excluding carboxylic acids is 1. The van der Waals surface area contributed by atoms with Crippen molar-refractivity contribution in [3.8, 4) is 17.1 Å². The van der Waals surface area contributed by atoms with Crippen molar-refractivity contribution in [2.45, 2.75) is 44.8 Å². The predicted octanol–water partition coefficient (Wildman–Crippen LogP) is 3.72. The summed E-state index contributed by atoms with van der Waals surface area (Å²) >= 11 is 0. The number of ether oxygens (including phenoxy) is 1. The number of fused-ring (bicyclic) bond motifs is 1. The van der Waals surface area contributed by atoms with Gasteiger partial charge in [-0.2, -0.15) is 0 Å². The molecule has 196 valence electrons. The molecule has 8 nitrogen and oxygen atoms in total. The molecule has 0 radical (unpaired) electrons. The Morgan fingerprint density at radius 3 is 2.54 bits per heavy atom. The highest BCUT2D eigenvalue weighted by molar-refractivity contribution is 5.85. The first-order valence-electron chi connectivity index (χ1n) is 13.1. The van der Waals surface area contributed by atoms with Crippen LogP contribution in [0.3, 0.4) is 0 Å². The summed E-state index contributed by atoms with van der Waals surface area (Å²) in [6.45, 7) is 5.17. The molecule has 3 aliphatic rings. The molecule has 1 unspecified atom stereocenters. The maximum absolute atomic E-state index is 12.7. The van der Waals surface area contributed by atoms with E-state index in [1.807, 2.05) is 36.4 Å². The molecule has 2 aliphatic heterocycles. The van der Waals surface area contributed by atoms with E-state index in [9.17, 15) is 13.6 Å². The summed E-state index contributed by atoms with van der Waals surface area (Å²) in [5.41, 5.74) is 4.57. The largest absolute Gasteiger partial charge is 0.473 e. The molecule has 10 heteroatoms. The van der Waals surface area contributed by atoms with Gasteiger partial charge in [-0.1, -0.05) is 12.1 Å². The Hall–Kier alpha value is -3.27. The molecule has 2 atom stereocenters. The van der Waals surface area contributed by atoms with Gasteiger partial charge in [-0.3, -0.25) is 9.69 Å².